The second-order valence-corrected chi connectivity index (χ2v) is 4.09. The van der Waals surface area contributed by atoms with Crippen LogP contribution in [-0.2, 0) is 0 Å². The minimum atomic E-state index is -0.557. The van der Waals surface area contributed by atoms with Crippen LogP contribution in [0.1, 0.15) is 10.4 Å². The van der Waals surface area contributed by atoms with Gasteiger partial charge in [-0.3, -0.25) is 9.78 Å². The molecular formula is C14H10FN3O. The molecule has 1 amide bonds. The highest BCUT2D eigenvalue weighted by Gasteiger charge is 2.09. The fourth-order valence-corrected chi connectivity index (χ4v) is 1.87. The highest BCUT2D eigenvalue weighted by Crippen LogP contribution is 2.17. The Balaban J connectivity index is 1.89. The van der Waals surface area contributed by atoms with Gasteiger partial charge in [0.2, 0.25) is 0 Å². The lowest BCUT2D eigenvalue weighted by Crippen LogP contribution is -2.12. The van der Waals surface area contributed by atoms with Gasteiger partial charge in [-0.1, -0.05) is 0 Å². The summed E-state index contributed by atoms with van der Waals surface area (Å²) in [5, 5.41) is 3.45. The van der Waals surface area contributed by atoms with E-state index >= 15 is 0 Å². The molecule has 0 aliphatic heterocycles. The predicted molar refractivity (Wildman–Crippen MR) is 70.4 cm³/mol. The summed E-state index contributed by atoms with van der Waals surface area (Å²) in [7, 11) is 0. The smallest absolute Gasteiger partial charge is 0.255 e. The van der Waals surface area contributed by atoms with Gasteiger partial charge in [-0.15, -0.1) is 0 Å². The summed E-state index contributed by atoms with van der Waals surface area (Å²) in [5.41, 5.74) is 1.55. The Morgan fingerprint density at radius 3 is 3.00 bits per heavy atom. The lowest BCUT2D eigenvalue weighted by molar-refractivity contribution is 0.102. The van der Waals surface area contributed by atoms with Crippen molar-refractivity contribution in [1.29, 1.82) is 0 Å². The molecule has 0 unspecified atom stereocenters. The highest BCUT2D eigenvalue weighted by atomic mass is 19.1. The second-order valence-electron chi connectivity index (χ2n) is 4.09. The molecule has 3 rings (SSSR count). The van der Waals surface area contributed by atoms with E-state index in [0.717, 1.165) is 17.1 Å². The Morgan fingerprint density at radius 1 is 1.26 bits per heavy atom. The maximum Gasteiger partial charge on any atom is 0.255 e. The molecule has 0 spiro atoms. The molecular weight excluding hydrogens is 245 g/mol. The molecule has 94 valence electrons. The first-order valence-electron chi connectivity index (χ1n) is 5.72. The van der Waals surface area contributed by atoms with E-state index in [4.69, 9.17) is 0 Å². The van der Waals surface area contributed by atoms with Crippen molar-refractivity contribution in [2.24, 2.45) is 0 Å². The van der Waals surface area contributed by atoms with Gasteiger partial charge in [0.05, 0.1) is 11.9 Å². The molecule has 2 heterocycles. The first-order chi connectivity index (χ1) is 9.24. The normalized spacial score (nSPS) is 10.6. The van der Waals surface area contributed by atoms with Crippen molar-refractivity contribution in [3.63, 3.8) is 0 Å². The number of nitrogens with one attached hydrogen (secondary N) is 2. The van der Waals surface area contributed by atoms with Crippen LogP contribution < -0.4 is 5.32 Å². The van der Waals surface area contributed by atoms with E-state index < -0.39 is 5.82 Å². The Morgan fingerprint density at radius 2 is 2.16 bits per heavy atom. The summed E-state index contributed by atoms with van der Waals surface area (Å²) in [6.45, 7) is 0. The number of fused-ring (bicyclic) bond motifs is 1. The number of aromatic nitrogens is 2. The van der Waals surface area contributed by atoms with Gasteiger partial charge in [-0.05, 0) is 30.3 Å². The SMILES string of the molecule is O=C(Nc1ccncc1F)c1ccc2[nH]ccc2c1. The van der Waals surface area contributed by atoms with Gasteiger partial charge in [0.25, 0.3) is 5.91 Å². The van der Waals surface area contributed by atoms with Crippen LogP contribution in [0.3, 0.4) is 0 Å². The number of aromatic amines is 1. The van der Waals surface area contributed by atoms with E-state index in [9.17, 15) is 9.18 Å². The zero-order chi connectivity index (χ0) is 13.2. The molecule has 5 heteroatoms. The fraction of sp³-hybridized carbons (Fsp3) is 0. The van der Waals surface area contributed by atoms with Crippen molar-refractivity contribution in [2.75, 3.05) is 5.32 Å². The molecule has 2 N–H and O–H groups in total. The van der Waals surface area contributed by atoms with Crippen LogP contribution in [0.4, 0.5) is 10.1 Å². The van der Waals surface area contributed by atoms with Crippen LogP contribution in [-0.4, -0.2) is 15.9 Å². The Kier molecular flexibility index (Phi) is 2.72. The Bertz CT molecular complexity index is 751. The van der Waals surface area contributed by atoms with Gasteiger partial charge >= 0.3 is 0 Å². The van der Waals surface area contributed by atoms with E-state index in [1.807, 2.05) is 12.1 Å². The van der Waals surface area contributed by atoms with Gasteiger partial charge in [0.1, 0.15) is 0 Å². The number of hydrogen-bond donors (Lipinski definition) is 2. The van der Waals surface area contributed by atoms with Crippen molar-refractivity contribution >= 4 is 22.5 Å². The third kappa shape index (κ3) is 2.18. The topological polar surface area (TPSA) is 57.8 Å². The highest BCUT2D eigenvalue weighted by molar-refractivity contribution is 6.06. The molecule has 0 aliphatic rings. The van der Waals surface area contributed by atoms with Crippen molar-refractivity contribution < 1.29 is 9.18 Å². The van der Waals surface area contributed by atoms with Gasteiger partial charge in [0.15, 0.2) is 5.82 Å². The Labute approximate surface area is 108 Å². The fourth-order valence-electron chi connectivity index (χ4n) is 1.87. The predicted octanol–water partition coefficient (Wildman–Crippen LogP) is 2.95. The van der Waals surface area contributed by atoms with Crippen LogP contribution in [0.15, 0.2) is 48.9 Å². The number of rotatable bonds is 2. The lowest BCUT2D eigenvalue weighted by atomic mass is 10.1. The maximum atomic E-state index is 13.4. The number of carbonyl (C=O) groups is 1. The average molecular weight is 255 g/mol. The first kappa shape index (κ1) is 11.4. The van der Waals surface area contributed by atoms with Crippen molar-refractivity contribution in [1.82, 2.24) is 9.97 Å². The van der Waals surface area contributed by atoms with Crippen molar-refractivity contribution in [3.05, 3.63) is 60.3 Å². The van der Waals surface area contributed by atoms with Crippen LogP contribution in [0.2, 0.25) is 0 Å². The van der Waals surface area contributed by atoms with Crippen molar-refractivity contribution in [2.45, 2.75) is 0 Å². The van der Waals surface area contributed by atoms with Gasteiger partial charge < -0.3 is 10.3 Å². The minimum absolute atomic E-state index is 0.120. The maximum absolute atomic E-state index is 13.4. The summed E-state index contributed by atoms with van der Waals surface area (Å²) in [6, 6.07) is 8.54. The van der Waals surface area contributed by atoms with Crippen LogP contribution >= 0.6 is 0 Å². The summed E-state index contributed by atoms with van der Waals surface area (Å²) in [4.78, 5) is 18.7. The molecule has 0 atom stereocenters. The summed E-state index contributed by atoms with van der Waals surface area (Å²) < 4.78 is 13.4. The molecule has 1 aromatic carbocycles. The number of amides is 1. The molecule has 0 saturated heterocycles. The zero-order valence-electron chi connectivity index (χ0n) is 9.85. The zero-order valence-corrected chi connectivity index (χ0v) is 9.85. The van der Waals surface area contributed by atoms with Crippen LogP contribution in [0.5, 0.6) is 0 Å². The van der Waals surface area contributed by atoms with Gasteiger partial charge in [0, 0.05) is 28.9 Å². The monoisotopic (exact) mass is 255 g/mol. The number of nitrogens with zero attached hydrogens (tertiary/aromatic N) is 1. The summed E-state index contributed by atoms with van der Waals surface area (Å²) in [5.74, 6) is -0.910. The minimum Gasteiger partial charge on any atom is -0.361 e. The third-order valence-electron chi connectivity index (χ3n) is 2.84. The summed E-state index contributed by atoms with van der Waals surface area (Å²) in [6.07, 6.45) is 4.29. The number of benzene rings is 1. The average Bonchev–Trinajstić information content (AvgIpc) is 2.88. The van der Waals surface area contributed by atoms with Crippen molar-refractivity contribution in [3.8, 4) is 0 Å². The molecule has 0 saturated carbocycles. The summed E-state index contributed by atoms with van der Waals surface area (Å²) >= 11 is 0. The van der Waals surface area contributed by atoms with Gasteiger partial charge in [-0.25, -0.2) is 4.39 Å². The number of hydrogen-bond acceptors (Lipinski definition) is 2. The van der Waals surface area contributed by atoms with Gasteiger partial charge in [-0.2, -0.15) is 0 Å². The van der Waals surface area contributed by atoms with Crippen LogP contribution in [0, 0.1) is 5.82 Å². The van der Waals surface area contributed by atoms with E-state index in [-0.39, 0.29) is 11.6 Å². The largest absolute Gasteiger partial charge is 0.361 e. The van der Waals surface area contributed by atoms with E-state index in [1.165, 1.54) is 12.3 Å². The standard InChI is InChI=1S/C14H10FN3O/c15-11-8-16-5-4-13(11)18-14(19)10-1-2-12-9(7-10)3-6-17-12/h1-8,17H,(H,16,18,19). The van der Waals surface area contributed by atoms with Crippen LogP contribution in [0.25, 0.3) is 10.9 Å². The molecule has 4 nitrogen and oxygen atoms in total. The first-order valence-corrected chi connectivity index (χ1v) is 5.72. The molecule has 19 heavy (non-hydrogen) atoms. The molecule has 0 fully saturated rings. The number of halogens is 1. The van der Waals surface area contributed by atoms with E-state index in [0.29, 0.717) is 5.56 Å². The second kappa shape index (κ2) is 4.53. The lowest BCUT2D eigenvalue weighted by Gasteiger charge is -2.05. The molecule has 0 aliphatic carbocycles. The number of pyridine rings is 1. The molecule has 3 aromatic rings. The van der Waals surface area contributed by atoms with E-state index in [1.54, 1.807) is 18.3 Å². The molecule has 0 bridgehead atoms. The number of H-pyrrole nitrogens is 1. The third-order valence-corrected chi connectivity index (χ3v) is 2.84. The molecule has 0 radical (unpaired) electrons. The number of anilines is 1. The quantitative estimate of drug-likeness (QED) is 0.739. The number of carbonyl (C=O) groups excluding carboxylic acids is 1. The van der Waals surface area contributed by atoms with E-state index in [2.05, 4.69) is 15.3 Å². The molecule has 2 aromatic heterocycles. The Hall–Kier alpha value is -2.69.